The van der Waals surface area contributed by atoms with Crippen molar-refractivity contribution in [1.29, 1.82) is 0 Å². The second-order valence-corrected chi connectivity index (χ2v) is 11.2. The molecule has 6 nitrogen and oxygen atoms in total. The lowest BCUT2D eigenvalue weighted by molar-refractivity contribution is -0.116. The van der Waals surface area contributed by atoms with Crippen LogP contribution in [-0.2, 0) is 4.79 Å². The molecular weight excluding hydrogens is 514 g/mol. The third-order valence-electron chi connectivity index (χ3n) is 8.05. The highest BCUT2D eigenvalue weighted by Crippen LogP contribution is 2.41. The van der Waals surface area contributed by atoms with Crippen molar-refractivity contribution in [3.63, 3.8) is 0 Å². The number of rotatable bonds is 7. The minimum Gasteiger partial charge on any atom is -0.352 e. The number of aryl methyl sites for hydroxylation is 4. The summed E-state index contributed by atoms with van der Waals surface area (Å²) in [6, 6.07) is 20.5. The van der Waals surface area contributed by atoms with E-state index in [0.29, 0.717) is 18.1 Å². The van der Waals surface area contributed by atoms with E-state index in [2.05, 4.69) is 83.1 Å². The van der Waals surface area contributed by atoms with Crippen LogP contribution in [-0.4, -0.2) is 32.0 Å². The summed E-state index contributed by atoms with van der Waals surface area (Å²) in [5.41, 5.74) is 11.1. The summed E-state index contributed by atoms with van der Waals surface area (Å²) in [6.45, 7) is 13.2. The van der Waals surface area contributed by atoms with Crippen LogP contribution in [0.25, 0.3) is 5.69 Å². The van der Waals surface area contributed by atoms with Gasteiger partial charge in [0.05, 0.1) is 17.8 Å². The normalized spacial score (nSPS) is 16.8. The van der Waals surface area contributed by atoms with Gasteiger partial charge >= 0.3 is 0 Å². The first-order valence-corrected chi connectivity index (χ1v) is 14.2. The number of benzene rings is 2. The second-order valence-electron chi connectivity index (χ2n) is 10.8. The van der Waals surface area contributed by atoms with Crippen molar-refractivity contribution in [3.8, 4) is 5.69 Å². The van der Waals surface area contributed by atoms with Crippen LogP contribution in [0.4, 0.5) is 5.69 Å². The minimum absolute atomic E-state index is 0.0302. The smallest absolute Gasteiger partial charge is 0.226 e. The van der Waals surface area contributed by atoms with Gasteiger partial charge in [0, 0.05) is 41.9 Å². The predicted octanol–water partition coefficient (Wildman–Crippen LogP) is 6.72. The largest absolute Gasteiger partial charge is 0.352 e. The molecule has 2 aromatic heterocycles. The Hall–Kier alpha value is -3.97. The number of pyridine rings is 1. The highest BCUT2D eigenvalue weighted by molar-refractivity contribution is 7.80. The van der Waals surface area contributed by atoms with Crippen LogP contribution < -0.4 is 10.6 Å². The Morgan fingerprint density at radius 3 is 2.52 bits per heavy atom. The predicted molar refractivity (Wildman–Crippen MR) is 166 cm³/mol. The molecule has 40 heavy (non-hydrogen) atoms. The van der Waals surface area contributed by atoms with E-state index in [1.54, 1.807) is 0 Å². The van der Waals surface area contributed by atoms with Gasteiger partial charge in [0.1, 0.15) is 0 Å². The van der Waals surface area contributed by atoms with Gasteiger partial charge in [0.25, 0.3) is 0 Å². The van der Waals surface area contributed by atoms with E-state index in [1.807, 2.05) is 50.4 Å². The lowest BCUT2D eigenvalue weighted by Gasteiger charge is -2.28. The van der Waals surface area contributed by atoms with Crippen LogP contribution in [0.1, 0.15) is 63.4 Å². The maximum atomic E-state index is 13.1. The van der Waals surface area contributed by atoms with Crippen molar-refractivity contribution in [2.75, 3.05) is 11.9 Å². The molecule has 0 spiro atoms. The summed E-state index contributed by atoms with van der Waals surface area (Å²) < 4.78 is 2.33. The number of carbonyl (C=O) groups is 1. The lowest BCUT2D eigenvalue weighted by Crippen LogP contribution is -2.33. The van der Waals surface area contributed by atoms with E-state index in [4.69, 9.17) is 12.2 Å². The zero-order valence-electron chi connectivity index (χ0n) is 24.1. The van der Waals surface area contributed by atoms with Crippen molar-refractivity contribution in [3.05, 3.63) is 112 Å². The first kappa shape index (κ1) is 27.6. The highest BCUT2D eigenvalue weighted by atomic mass is 32.1. The lowest BCUT2D eigenvalue weighted by atomic mass is 9.96. The van der Waals surface area contributed by atoms with Gasteiger partial charge in [-0.1, -0.05) is 30.3 Å². The Kier molecular flexibility index (Phi) is 7.76. The van der Waals surface area contributed by atoms with Crippen molar-refractivity contribution in [2.24, 2.45) is 0 Å². The monoisotopic (exact) mass is 551 g/mol. The summed E-state index contributed by atoms with van der Waals surface area (Å²) in [4.78, 5) is 19.9. The van der Waals surface area contributed by atoms with Gasteiger partial charge in [-0.2, -0.15) is 0 Å². The number of aromatic nitrogens is 2. The van der Waals surface area contributed by atoms with Gasteiger partial charge in [0.2, 0.25) is 5.91 Å². The molecule has 0 radical (unpaired) electrons. The van der Waals surface area contributed by atoms with E-state index in [9.17, 15) is 4.79 Å². The van der Waals surface area contributed by atoms with Gasteiger partial charge < -0.3 is 20.1 Å². The Labute approximate surface area is 242 Å². The van der Waals surface area contributed by atoms with Crippen LogP contribution in [0.5, 0.6) is 0 Å². The minimum atomic E-state index is -0.136. The van der Waals surface area contributed by atoms with E-state index in [0.717, 1.165) is 33.9 Å². The van der Waals surface area contributed by atoms with E-state index >= 15 is 0 Å². The molecular formula is C33H37N5OS. The molecule has 0 saturated carbocycles. The van der Waals surface area contributed by atoms with Crippen LogP contribution in [0.15, 0.2) is 66.9 Å². The maximum absolute atomic E-state index is 13.1. The summed E-state index contributed by atoms with van der Waals surface area (Å²) in [6.07, 6.45) is 2.13. The van der Waals surface area contributed by atoms with Gasteiger partial charge in [0.15, 0.2) is 5.11 Å². The number of hydrogen-bond acceptors (Lipinski definition) is 3. The Bertz CT molecular complexity index is 1580. The second kappa shape index (κ2) is 11.3. The fourth-order valence-electron chi connectivity index (χ4n) is 5.73. The van der Waals surface area contributed by atoms with Crippen molar-refractivity contribution in [1.82, 2.24) is 19.8 Å². The molecule has 2 N–H and O–H groups in total. The third kappa shape index (κ3) is 5.26. The molecule has 2 atom stereocenters. The van der Waals surface area contributed by atoms with E-state index in [-0.39, 0.29) is 18.0 Å². The molecule has 1 amide bonds. The Morgan fingerprint density at radius 1 is 0.975 bits per heavy atom. The number of nitrogens with one attached hydrogen (secondary N) is 2. The fraction of sp³-hybridized carbons (Fsp3) is 0.303. The van der Waals surface area contributed by atoms with Crippen molar-refractivity contribution in [2.45, 2.75) is 60.0 Å². The Balaban J connectivity index is 1.49. The van der Waals surface area contributed by atoms with Gasteiger partial charge in [-0.15, -0.1) is 0 Å². The number of anilines is 1. The molecule has 0 aliphatic carbocycles. The summed E-state index contributed by atoms with van der Waals surface area (Å²) >= 11 is 5.88. The van der Waals surface area contributed by atoms with Gasteiger partial charge in [-0.25, -0.2) is 0 Å². The quantitative estimate of drug-likeness (QED) is 0.250. The van der Waals surface area contributed by atoms with Crippen molar-refractivity contribution < 1.29 is 4.79 Å². The first-order chi connectivity index (χ1) is 19.2. The van der Waals surface area contributed by atoms with E-state index in [1.165, 1.54) is 22.4 Å². The molecule has 2 aromatic carbocycles. The molecule has 7 heteroatoms. The molecule has 1 saturated heterocycles. The van der Waals surface area contributed by atoms with Crippen LogP contribution >= 0.6 is 12.2 Å². The molecule has 206 valence electrons. The molecule has 1 fully saturated rings. The van der Waals surface area contributed by atoms with Gasteiger partial charge in [-0.05, 0) is 112 Å². The molecule has 3 heterocycles. The molecule has 1 aliphatic rings. The van der Waals surface area contributed by atoms with Crippen LogP contribution in [0.2, 0.25) is 0 Å². The summed E-state index contributed by atoms with van der Waals surface area (Å²) in [5.74, 6) is -0.0302. The standard InChI is InChI=1S/C33H37N5OS/c1-20-13-14-22(3)28(18-20)35-30(39)15-17-37-32(31(36-33(37)40)27-11-7-8-16-34-27)26-19-23(4)38(25(26)6)29-12-9-10-21(2)24(29)5/h7-14,16,18-19,31-32H,15,17H2,1-6H3,(H,35,39)(H,36,40)/t31-,32+/m0/s1. The summed E-state index contributed by atoms with van der Waals surface area (Å²) in [5, 5.41) is 7.26. The molecule has 0 unspecified atom stereocenters. The average molecular weight is 552 g/mol. The highest BCUT2D eigenvalue weighted by Gasteiger charge is 2.41. The zero-order valence-corrected chi connectivity index (χ0v) is 24.9. The number of thiocarbonyl (C=S) groups is 1. The topological polar surface area (TPSA) is 62.2 Å². The molecule has 0 bridgehead atoms. The Morgan fingerprint density at radius 2 is 1.77 bits per heavy atom. The zero-order chi connectivity index (χ0) is 28.6. The number of hydrogen-bond donors (Lipinski definition) is 2. The van der Waals surface area contributed by atoms with Gasteiger partial charge in [-0.3, -0.25) is 9.78 Å². The molecule has 1 aliphatic heterocycles. The maximum Gasteiger partial charge on any atom is 0.226 e. The molecule has 5 rings (SSSR count). The van der Waals surface area contributed by atoms with Crippen LogP contribution in [0.3, 0.4) is 0 Å². The van der Waals surface area contributed by atoms with E-state index < -0.39 is 0 Å². The fourth-order valence-corrected chi connectivity index (χ4v) is 6.06. The summed E-state index contributed by atoms with van der Waals surface area (Å²) in [7, 11) is 0. The molecule has 4 aromatic rings. The SMILES string of the molecule is Cc1ccc(C)c(NC(=O)CCN2C(=S)N[C@@H](c3ccccn3)[C@H]2c2cc(C)n(-c3cccc(C)c3C)c2C)c1. The number of carbonyl (C=O) groups excluding carboxylic acids is 1. The van der Waals surface area contributed by atoms with Crippen LogP contribution in [0, 0.1) is 41.5 Å². The first-order valence-electron chi connectivity index (χ1n) is 13.8. The van der Waals surface area contributed by atoms with Crippen molar-refractivity contribution >= 4 is 28.9 Å². The number of nitrogens with zero attached hydrogens (tertiary/aromatic N) is 3. The third-order valence-corrected chi connectivity index (χ3v) is 8.40. The average Bonchev–Trinajstić information content (AvgIpc) is 3.41. The number of amides is 1.